The van der Waals surface area contributed by atoms with Crippen molar-refractivity contribution in [3.8, 4) is 0 Å². The molecule has 0 amide bonds. The molecule has 1 aliphatic rings. The van der Waals surface area contributed by atoms with Crippen molar-refractivity contribution in [2.75, 3.05) is 0 Å². The summed E-state index contributed by atoms with van der Waals surface area (Å²) in [5, 5.41) is 4.11. The molecule has 1 fully saturated rings. The van der Waals surface area contributed by atoms with E-state index in [4.69, 9.17) is 0 Å². The second kappa shape index (κ2) is 3.23. The smallest absolute Gasteiger partial charge is 0.135 e. The molecule has 1 aromatic heterocycles. The highest BCUT2D eigenvalue weighted by molar-refractivity contribution is 5.84. The van der Waals surface area contributed by atoms with Crippen molar-refractivity contribution in [1.29, 1.82) is 0 Å². The van der Waals surface area contributed by atoms with Gasteiger partial charge >= 0.3 is 0 Å². The lowest BCUT2D eigenvalue weighted by Crippen LogP contribution is -2.13. The van der Waals surface area contributed by atoms with Crippen molar-refractivity contribution in [3.05, 3.63) is 18.0 Å². The van der Waals surface area contributed by atoms with Crippen molar-refractivity contribution in [1.82, 2.24) is 9.78 Å². The molecule has 0 radical (unpaired) electrons. The van der Waals surface area contributed by atoms with Gasteiger partial charge in [-0.2, -0.15) is 5.10 Å². The van der Waals surface area contributed by atoms with Crippen LogP contribution in [-0.4, -0.2) is 15.6 Å². The second-order valence-corrected chi connectivity index (χ2v) is 4.28. The molecule has 0 aliphatic heterocycles. The van der Waals surface area contributed by atoms with E-state index in [9.17, 15) is 4.79 Å². The lowest BCUT2D eigenvalue weighted by atomic mass is 9.95. The van der Waals surface area contributed by atoms with Crippen molar-refractivity contribution >= 4 is 5.78 Å². The lowest BCUT2D eigenvalue weighted by Gasteiger charge is -2.10. The largest absolute Gasteiger partial charge is 0.299 e. The summed E-state index contributed by atoms with van der Waals surface area (Å²) in [5.41, 5.74) is 1.25. The van der Waals surface area contributed by atoms with Crippen LogP contribution in [0.2, 0.25) is 0 Å². The minimum atomic E-state index is 0.0320. The number of rotatable bonds is 4. The summed E-state index contributed by atoms with van der Waals surface area (Å²) < 4.78 is 1.89. The summed E-state index contributed by atoms with van der Waals surface area (Å²) in [4.78, 5) is 11.4. The topological polar surface area (TPSA) is 34.9 Å². The van der Waals surface area contributed by atoms with E-state index in [1.54, 1.807) is 6.92 Å². The zero-order valence-electron chi connectivity index (χ0n) is 8.79. The van der Waals surface area contributed by atoms with Crippen LogP contribution < -0.4 is 0 Å². The fourth-order valence-corrected chi connectivity index (χ4v) is 1.94. The van der Waals surface area contributed by atoms with Gasteiger partial charge < -0.3 is 0 Å². The Labute approximate surface area is 84.1 Å². The van der Waals surface area contributed by atoms with Crippen molar-refractivity contribution in [3.63, 3.8) is 0 Å². The fraction of sp³-hybridized carbons (Fsp3) is 0.636. The molecule has 0 saturated heterocycles. The first-order chi connectivity index (χ1) is 6.64. The van der Waals surface area contributed by atoms with E-state index in [0.29, 0.717) is 5.78 Å². The number of aromatic nitrogens is 2. The predicted octanol–water partition coefficient (Wildman–Crippen LogP) is 1.72. The Hall–Kier alpha value is -1.12. The number of ketones is 1. The Balaban J connectivity index is 1.95. The summed E-state index contributed by atoms with van der Waals surface area (Å²) in [7, 11) is 1.95. The monoisotopic (exact) mass is 192 g/mol. The summed E-state index contributed by atoms with van der Waals surface area (Å²) in [6.07, 6.45) is 5.93. The van der Waals surface area contributed by atoms with Gasteiger partial charge in [0.15, 0.2) is 0 Å². The van der Waals surface area contributed by atoms with Gasteiger partial charge in [0.25, 0.3) is 0 Å². The molecule has 2 rings (SSSR count). The van der Waals surface area contributed by atoms with Crippen LogP contribution in [0.4, 0.5) is 0 Å². The molecule has 0 atom stereocenters. The zero-order valence-corrected chi connectivity index (χ0v) is 8.79. The summed E-state index contributed by atoms with van der Waals surface area (Å²) in [5.74, 6) is 0.361. The van der Waals surface area contributed by atoms with Gasteiger partial charge in [-0.25, -0.2) is 0 Å². The Morgan fingerprint density at radius 1 is 1.64 bits per heavy atom. The third-order valence-corrected chi connectivity index (χ3v) is 3.38. The first-order valence-corrected chi connectivity index (χ1v) is 5.12. The Morgan fingerprint density at radius 2 is 2.36 bits per heavy atom. The zero-order chi connectivity index (χ0) is 10.2. The van der Waals surface area contributed by atoms with Gasteiger partial charge in [0.05, 0.1) is 0 Å². The third kappa shape index (κ3) is 1.59. The molecule has 1 aromatic rings. The van der Waals surface area contributed by atoms with E-state index in [1.807, 2.05) is 24.0 Å². The first kappa shape index (κ1) is 9.44. The molecule has 1 heterocycles. The van der Waals surface area contributed by atoms with E-state index >= 15 is 0 Å². The molecule has 0 N–H and O–H groups in total. The molecule has 3 nitrogen and oxygen atoms in total. The second-order valence-electron chi connectivity index (χ2n) is 4.28. The molecule has 0 unspecified atom stereocenters. The van der Waals surface area contributed by atoms with Gasteiger partial charge in [-0.15, -0.1) is 0 Å². The maximum absolute atomic E-state index is 11.4. The maximum Gasteiger partial charge on any atom is 0.135 e. The summed E-state index contributed by atoms with van der Waals surface area (Å²) in [6.45, 7) is 1.72. The molecule has 1 aliphatic carbocycles. The highest BCUT2D eigenvalue weighted by Gasteiger charge is 2.46. The van der Waals surface area contributed by atoms with E-state index in [2.05, 4.69) is 5.10 Å². The van der Waals surface area contributed by atoms with Crippen LogP contribution in [0.3, 0.4) is 0 Å². The average Bonchev–Trinajstić information content (AvgIpc) is 2.83. The van der Waals surface area contributed by atoms with Crippen LogP contribution in [-0.2, 0) is 18.3 Å². The van der Waals surface area contributed by atoms with Gasteiger partial charge in [0.2, 0.25) is 0 Å². The number of aryl methyl sites for hydroxylation is 2. The summed E-state index contributed by atoms with van der Waals surface area (Å²) in [6, 6.07) is 2.02. The van der Waals surface area contributed by atoms with Crippen LogP contribution in [0.5, 0.6) is 0 Å². The number of carbonyl (C=O) groups excluding carboxylic acids is 1. The van der Waals surface area contributed by atoms with Crippen LogP contribution in [0, 0.1) is 5.41 Å². The van der Waals surface area contributed by atoms with Crippen LogP contribution >= 0.6 is 0 Å². The highest BCUT2D eigenvalue weighted by Crippen LogP contribution is 2.50. The molecule has 1 saturated carbocycles. The molecule has 76 valence electrons. The number of Topliss-reactive ketones (excluding diaryl/α,β-unsaturated/α-hetero) is 1. The first-order valence-electron chi connectivity index (χ1n) is 5.12. The molecule has 0 bridgehead atoms. The number of hydrogen-bond acceptors (Lipinski definition) is 2. The normalized spacial score (nSPS) is 18.1. The predicted molar refractivity (Wildman–Crippen MR) is 53.9 cm³/mol. The Kier molecular flexibility index (Phi) is 2.17. The van der Waals surface area contributed by atoms with Crippen molar-refractivity contribution < 1.29 is 4.79 Å². The maximum atomic E-state index is 11.4. The van der Waals surface area contributed by atoms with Crippen LogP contribution in [0.15, 0.2) is 12.3 Å². The van der Waals surface area contributed by atoms with Crippen molar-refractivity contribution in [2.24, 2.45) is 12.5 Å². The molecular weight excluding hydrogens is 176 g/mol. The molecular formula is C11H16N2O. The molecule has 3 heteroatoms. The fourth-order valence-electron chi connectivity index (χ4n) is 1.94. The van der Waals surface area contributed by atoms with Crippen molar-refractivity contribution in [2.45, 2.75) is 32.6 Å². The minimum absolute atomic E-state index is 0.0320. The molecule has 14 heavy (non-hydrogen) atoms. The van der Waals surface area contributed by atoms with E-state index in [-0.39, 0.29) is 5.41 Å². The van der Waals surface area contributed by atoms with Gasteiger partial charge in [0.1, 0.15) is 5.78 Å². The SMILES string of the molecule is CC(=O)C1(CCc2ccnn2C)CC1. The third-order valence-electron chi connectivity index (χ3n) is 3.38. The molecule has 0 aromatic carbocycles. The lowest BCUT2D eigenvalue weighted by molar-refractivity contribution is -0.122. The number of hydrogen-bond donors (Lipinski definition) is 0. The average molecular weight is 192 g/mol. The van der Waals surface area contributed by atoms with E-state index in [1.165, 1.54) is 5.69 Å². The van der Waals surface area contributed by atoms with Gasteiger partial charge in [-0.05, 0) is 38.7 Å². The van der Waals surface area contributed by atoms with E-state index in [0.717, 1.165) is 25.7 Å². The quantitative estimate of drug-likeness (QED) is 0.728. The number of nitrogens with zero attached hydrogens (tertiary/aromatic N) is 2. The van der Waals surface area contributed by atoms with Gasteiger partial charge in [-0.3, -0.25) is 9.48 Å². The molecule has 0 spiro atoms. The summed E-state index contributed by atoms with van der Waals surface area (Å²) >= 11 is 0. The Bertz CT molecular complexity index is 350. The number of carbonyl (C=O) groups is 1. The minimum Gasteiger partial charge on any atom is -0.299 e. The van der Waals surface area contributed by atoms with E-state index < -0.39 is 0 Å². The van der Waals surface area contributed by atoms with Crippen LogP contribution in [0.25, 0.3) is 0 Å². The van der Waals surface area contributed by atoms with Gasteiger partial charge in [0, 0.05) is 24.4 Å². The Morgan fingerprint density at radius 3 is 2.79 bits per heavy atom. The van der Waals surface area contributed by atoms with Crippen LogP contribution in [0.1, 0.15) is 31.9 Å². The van der Waals surface area contributed by atoms with Gasteiger partial charge in [-0.1, -0.05) is 0 Å². The highest BCUT2D eigenvalue weighted by atomic mass is 16.1. The standard InChI is InChI=1S/C11H16N2O/c1-9(14)11(6-7-11)5-3-10-4-8-12-13(10)2/h4,8H,3,5-7H2,1-2H3.